The van der Waals surface area contributed by atoms with Crippen LogP contribution in [0.2, 0.25) is 0 Å². The van der Waals surface area contributed by atoms with E-state index >= 15 is 0 Å². The van der Waals surface area contributed by atoms with Crippen molar-refractivity contribution in [3.8, 4) is 17.2 Å². The van der Waals surface area contributed by atoms with Crippen molar-refractivity contribution in [2.45, 2.75) is 46.0 Å². The summed E-state index contributed by atoms with van der Waals surface area (Å²) in [6.07, 6.45) is 4.63. The summed E-state index contributed by atoms with van der Waals surface area (Å²) in [7, 11) is 0. The van der Waals surface area contributed by atoms with E-state index in [-0.39, 0.29) is 0 Å². The van der Waals surface area contributed by atoms with Crippen LogP contribution in [0.5, 0.6) is 17.2 Å². The molecular formula is C32H34O7. The molecule has 0 bridgehead atoms. The first kappa shape index (κ1) is 29.2. The van der Waals surface area contributed by atoms with Crippen LogP contribution in [0.3, 0.4) is 0 Å². The van der Waals surface area contributed by atoms with Crippen molar-refractivity contribution >= 4 is 17.9 Å². The van der Waals surface area contributed by atoms with Crippen LogP contribution in [0.4, 0.5) is 0 Å². The Kier molecular flexibility index (Phi) is 11.3. The molecule has 0 saturated heterocycles. The normalized spacial score (nSPS) is 10.4. The van der Waals surface area contributed by atoms with Gasteiger partial charge in [-0.1, -0.05) is 32.1 Å². The maximum atomic E-state index is 12.5. The highest BCUT2D eigenvalue weighted by molar-refractivity contribution is 5.92. The lowest BCUT2D eigenvalue weighted by Crippen LogP contribution is -2.10. The molecule has 0 aromatic heterocycles. The fraction of sp³-hybridized carbons (Fsp3) is 0.281. The zero-order valence-electron chi connectivity index (χ0n) is 22.4. The number of hydrogen-bond acceptors (Lipinski definition) is 7. The maximum absolute atomic E-state index is 12.5. The molecule has 204 valence electrons. The van der Waals surface area contributed by atoms with Crippen LogP contribution in [-0.2, 0) is 16.0 Å². The topological polar surface area (TPSA) is 88.1 Å². The van der Waals surface area contributed by atoms with E-state index in [1.165, 1.54) is 5.56 Å². The second kappa shape index (κ2) is 15.1. The molecule has 7 nitrogen and oxygen atoms in total. The van der Waals surface area contributed by atoms with Gasteiger partial charge in [0.05, 0.1) is 24.3 Å². The molecule has 3 rings (SSSR count). The van der Waals surface area contributed by atoms with Gasteiger partial charge in [0, 0.05) is 5.57 Å². The third-order valence-electron chi connectivity index (χ3n) is 5.73. The lowest BCUT2D eigenvalue weighted by atomic mass is 10.1. The molecule has 0 spiro atoms. The molecule has 7 heteroatoms. The van der Waals surface area contributed by atoms with Crippen molar-refractivity contribution in [1.29, 1.82) is 0 Å². The Morgan fingerprint density at radius 2 is 1.15 bits per heavy atom. The third kappa shape index (κ3) is 9.78. The van der Waals surface area contributed by atoms with Crippen molar-refractivity contribution in [3.63, 3.8) is 0 Å². The lowest BCUT2D eigenvalue weighted by molar-refractivity contribution is -0.139. The molecule has 3 aromatic carbocycles. The number of hydrogen-bond donors (Lipinski definition) is 0. The third-order valence-corrected chi connectivity index (χ3v) is 5.73. The molecule has 0 unspecified atom stereocenters. The highest BCUT2D eigenvalue weighted by atomic mass is 16.5. The first-order valence-electron chi connectivity index (χ1n) is 13.0. The minimum atomic E-state index is -0.528. The number of unbranched alkanes of at least 4 members (excludes halogenated alkanes) is 2. The number of carbonyl (C=O) groups excluding carboxylic acids is 3. The largest absolute Gasteiger partial charge is 0.494 e. The second-order valence-electron chi connectivity index (χ2n) is 9.05. The van der Waals surface area contributed by atoms with Gasteiger partial charge in [-0.25, -0.2) is 14.4 Å². The first-order valence-corrected chi connectivity index (χ1v) is 13.0. The summed E-state index contributed by atoms with van der Waals surface area (Å²) in [4.78, 5) is 36.3. The predicted octanol–water partition coefficient (Wildman–Crippen LogP) is 6.75. The number of benzene rings is 3. The summed E-state index contributed by atoms with van der Waals surface area (Å²) in [5.74, 6) is -0.00584. The first-order chi connectivity index (χ1) is 18.9. The summed E-state index contributed by atoms with van der Waals surface area (Å²) < 4.78 is 21.6. The predicted molar refractivity (Wildman–Crippen MR) is 148 cm³/mol. The van der Waals surface area contributed by atoms with E-state index < -0.39 is 17.9 Å². The minimum absolute atomic E-state index is 0.310. The highest BCUT2D eigenvalue weighted by Gasteiger charge is 2.12. The Morgan fingerprint density at radius 1 is 0.667 bits per heavy atom. The molecule has 0 heterocycles. The zero-order chi connectivity index (χ0) is 28.0. The number of aryl methyl sites for hydroxylation is 1. The van der Waals surface area contributed by atoms with Gasteiger partial charge in [-0.15, -0.1) is 0 Å². The number of rotatable bonds is 14. The van der Waals surface area contributed by atoms with Gasteiger partial charge < -0.3 is 18.9 Å². The van der Waals surface area contributed by atoms with Gasteiger partial charge in [-0.2, -0.15) is 0 Å². The van der Waals surface area contributed by atoms with Crippen LogP contribution in [0.1, 0.15) is 65.8 Å². The summed E-state index contributed by atoms with van der Waals surface area (Å²) in [5.41, 5.74) is 2.29. The van der Waals surface area contributed by atoms with E-state index in [1.807, 2.05) is 12.1 Å². The van der Waals surface area contributed by atoms with Crippen LogP contribution in [0.25, 0.3) is 0 Å². The molecule has 39 heavy (non-hydrogen) atoms. The molecule has 0 saturated carbocycles. The van der Waals surface area contributed by atoms with Crippen LogP contribution in [0, 0.1) is 0 Å². The quantitative estimate of drug-likeness (QED) is 0.0986. The van der Waals surface area contributed by atoms with Crippen molar-refractivity contribution in [3.05, 3.63) is 102 Å². The van der Waals surface area contributed by atoms with E-state index in [2.05, 4.69) is 13.5 Å². The molecule has 0 fully saturated rings. The molecule has 0 amide bonds. The SMILES string of the molecule is C=C(C)C(=O)OCCCCOc1ccc(C(=O)Oc2ccc(C(=O)Oc3ccc(CCCC)cc3)cc2)cc1. The Labute approximate surface area is 229 Å². The van der Waals surface area contributed by atoms with Crippen molar-refractivity contribution in [2.75, 3.05) is 13.2 Å². The van der Waals surface area contributed by atoms with Gasteiger partial charge in [0.25, 0.3) is 0 Å². The molecule has 0 atom stereocenters. The van der Waals surface area contributed by atoms with E-state index in [1.54, 1.807) is 67.6 Å². The van der Waals surface area contributed by atoms with Crippen molar-refractivity contribution in [1.82, 2.24) is 0 Å². The summed E-state index contributed by atoms with van der Waals surface area (Å²) in [6.45, 7) is 8.06. The van der Waals surface area contributed by atoms with E-state index in [9.17, 15) is 14.4 Å². The zero-order valence-corrected chi connectivity index (χ0v) is 22.4. The smallest absolute Gasteiger partial charge is 0.343 e. The maximum Gasteiger partial charge on any atom is 0.343 e. The average molecular weight is 531 g/mol. The van der Waals surface area contributed by atoms with Crippen LogP contribution in [0.15, 0.2) is 84.9 Å². The molecule has 0 aliphatic carbocycles. The van der Waals surface area contributed by atoms with Gasteiger partial charge in [0.2, 0.25) is 0 Å². The second-order valence-corrected chi connectivity index (χ2v) is 9.05. The van der Waals surface area contributed by atoms with Gasteiger partial charge in [-0.05, 0) is 98.8 Å². The average Bonchev–Trinajstić information content (AvgIpc) is 2.95. The standard InChI is InChI=1S/C32H34O7/c1-4-5-8-24-9-15-28(16-10-24)38-32(35)26-13-19-29(20-14-26)39-31(34)25-11-17-27(18-12-25)36-21-6-7-22-37-30(33)23(2)3/h9-20H,2,4-8,21-22H2,1,3H3. The van der Waals surface area contributed by atoms with E-state index in [0.717, 1.165) is 19.3 Å². The number of ether oxygens (including phenoxy) is 4. The number of carbonyl (C=O) groups is 3. The highest BCUT2D eigenvalue weighted by Crippen LogP contribution is 2.19. The molecule has 3 aromatic rings. The fourth-order valence-corrected chi connectivity index (χ4v) is 3.47. The summed E-state index contributed by atoms with van der Waals surface area (Å²) in [6, 6.07) is 20.3. The Bertz CT molecular complexity index is 1240. The van der Waals surface area contributed by atoms with Gasteiger partial charge in [0.1, 0.15) is 17.2 Å². The molecule has 0 radical (unpaired) electrons. The van der Waals surface area contributed by atoms with Gasteiger partial charge >= 0.3 is 17.9 Å². The van der Waals surface area contributed by atoms with Gasteiger partial charge in [-0.3, -0.25) is 0 Å². The number of esters is 3. The molecule has 0 aliphatic rings. The van der Waals surface area contributed by atoms with Crippen LogP contribution in [-0.4, -0.2) is 31.1 Å². The Morgan fingerprint density at radius 3 is 1.67 bits per heavy atom. The van der Waals surface area contributed by atoms with Crippen molar-refractivity contribution in [2.24, 2.45) is 0 Å². The fourth-order valence-electron chi connectivity index (χ4n) is 3.47. The van der Waals surface area contributed by atoms with Crippen LogP contribution < -0.4 is 14.2 Å². The molecule has 0 aliphatic heterocycles. The molecule has 0 N–H and O–H groups in total. The van der Waals surface area contributed by atoms with Crippen molar-refractivity contribution < 1.29 is 33.3 Å². The van der Waals surface area contributed by atoms with E-state index in [4.69, 9.17) is 18.9 Å². The summed E-state index contributed by atoms with van der Waals surface area (Å²) in [5, 5.41) is 0. The minimum Gasteiger partial charge on any atom is -0.494 e. The van der Waals surface area contributed by atoms with Crippen LogP contribution >= 0.6 is 0 Å². The lowest BCUT2D eigenvalue weighted by Gasteiger charge is -2.09. The van der Waals surface area contributed by atoms with Gasteiger partial charge in [0.15, 0.2) is 0 Å². The molecular weight excluding hydrogens is 496 g/mol. The summed E-state index contributed by atoms with van der Waals surface area (Å²) >= 11 is 0. The van der Waals surface area contributed by atoms with E-state index in [0.29, 0.717) is 60.0 Å². The monoisotopic (exact) mass is 530 g/mol. The Balaban J connectivity index is 1.42. The Hall–Kier alpha value is -4.39.